The molecule has 0 saturated heterocycles. The lowest BCUT2D eigenvalue weighted by Crippen LogP contribution is -2.44. The normalized spacial score (nSPS) is 24.3. The molecule has 0 radical (unpaired) electrons. The molecule has 2 atom stereocenters. The number of hydrogen-bond acceptors (Lipinski definition) is 2. The quantitative estimate of drug-likeness (QED) is 0.878. The molecule has 1 aliphatic carbocycles. The van der Waals surface area contributed by atoms with Crippen molar-refractivity contribution in [2.45, 2.75) is 57.1 Å². The van der Waals surface area contributed by atoms with Gasteiger partial charge in [-0.3, -0.25) is 4.79 Å². The van der Waals surface area contributed by atoms with Crippen LogP contribution in [0.1, 0.15) is 44.1 Å². The topological polar surface area (TPSA) is 49.3 Å². The second-order valence-corrected chi connectivity index (χ2v) is 5.40. The zero-order valence-corrected chi connectivity index (χ0v) is 11.3. The fourth-order valence-electron chi connectivity index (χ4n) is 2.67. The van der Waals surface area contributed by atoms with Gasteiger partial charge in [0.05, 0.1) is 18.6 Å². The van der Waals surface area contributed by atoms with E-state index >= 15 is 0 Å². The maximum absolute atomic E-state index is 12.0. The SMILES string of the molecule is O=C(Cc1ccccc1)N[C@H]1CCCCCC[C@@H]1O. The summed E-state index contributed by atoms with van der Waals surface area (Å²) in [6.45, 7) is 0. The molecule has 0 aliphatic heterocycles. The van der Waals surface area contributed by atoms with Crippen molar-refractivity contribution in [1.82, 2.24) is 5.32 Å². The summed E-state index contributed by atoms with van der Waals surface area (Å²) in [5.41, 5.74) is 1.01. The Morgan fingerprint density at radius 1 is 1.11 bits per heavy atom. The zero-order chi connectivity index (χ0) is 13.5. The molecule has 1 amide bonds. The zero-order valence-electron chi connectivity index (χ0n) is 11.3. The number of benzene rings is 1. The van der Waals surface area contributed by atoms with Gasteiger partial charge in [0.25, 0.3) is 0 Å². The van der Waals surface area contributed by atoms with Gasteiger partial charge in [0, 0.05) is 0 Å². The molecule has 0 spiro atoms. The number of amides is 1. The van der Waals surface area contributed by atoms with Crippen molar-refractivity contribution in [3.05, 3.63) is 35.9 Å². The smallest absolute Gasteiger partial charge is 0.224 e. The molecule has 1 fully saturated rings. The molecule has 19 heavy (non-hydrogen) atoms. The van der Waals surface area contributed by atoms with Crippen molar-refractivity contribution in [1.29, 1.82) is 0 Å². The number of aliphatic hydroxyl groups excluding tert-OH is 1. The van der Waals surface area contributed by atoms with Crippen LogP contribution in [0.25, 0.3) is 0 Å². The molecule has 0 heterocycles. The van der Waals surface area contributed by atoms with Crippen LogP contribution in [0.4, 0.5) is 0 Å². The lowest BCUT2D eigenvalue weighted by atomic mass is 9.94. The van der Waals surface area contributed by atoms with Gasteiger partial charge >= 0.3 is 0 Å². The van der Waals surface area contributed by atoms with Crippen LogP contribution in [0.15, 0.2) is 30.3 Å². The lowest BCUT2D eigenvalue weighted by Gasteiger charge is -2.26. The van der Waals surface area contributed by atoms with Crippen molar-refractivity contribution in [2.24, 2.45) is 0 Å². The number of hydrogen-bond donors (Lipinski definition) is 2. The molecule has 3 nitrogen and oxygen atoms in total. The molecule has 1 saturated carbocycles. The van der Waals surface area contributed by atoms with Crippen LogP contribution in [0, 0.1) is 0 Å². The Kier molecular flexibility index (Phi) is 5.40. The number of nitrogens with one attached hydrogen (secondary N) is 1. The van der Waals surface area contributed by atoms with Crippen molar-refractivity contribution >= 4 is 5.91 Å². The van der Waals surface area contributed by atoms with Crippen LogP contribution in [-0.2, 0) is 11.2 Å². The van der Waals surface area contributed by atoms with Crippen LogP contribution >= 0.6 is 0 Å². The first-order chi connectivity index (χ1) is 9.25. The van der Waals surface area contributed by atoms with Gasteiger partial charge < -0.3 is 10.4 Å². The number of carbonyl (C=O) groups excluding carboxylic acids is 1. The average molecular weight is 261 g/mol. The number of aliphatic hydroxyl groups is 1. The van der Waals surface area contributed by atoms with Gasteiger partial charge in [0.2, 0.25) is 5.91 Å². The molecule has 0 aromatic heterocycles. The highest BCUT2D eigenvalue weighted by Gasteiger charge is 2.22. The molecule has 0 unspecified atom stereocenters. The fraction of sp³-hybridized carbons (Fsp3) is 0.562. The van der Waals surface area contributed by atoms with E-state index < -0.39 is 0 Å². The van der Waals surface area contributed by atoms with Gasteiger partial charge in [0.1, 0.15) is 0 Å². The van der Waals surface area contributed by atoms with Crippen LogP contribution in [0.5, 0.6) is 0 Å². The third kappa shape index (κ3) is 4.67. The number of carbonyl (C=O) groups is 1. The van der Waals surface area contributed by atoms with E-state index in [2.05, 4.69) is 5.32 Å². The van der Waals surface area contributed by atoms with E-state index in [-0.39, 0.29) is 18.1 Å². The Morgan fingerprint density at radius 3 is 2.53 bits per heavy atom. The second-order valence-electron chi connectivity index (χ2n) is 5.40. The van der Waals surface area contributed by atoms with Gasteiger partial charge in [-0.15, -0.1) is 0 Å². The highest BCUT2D eigenvalue weighted by atomic mass is 16.3. The van der Waals surface area contributed by atoms with Gasteiger partial charge in [-0.1, -0.05) is 56.0 Å². The Labute approximate surface area is 115 Å². The summed E-state index contributed by atoms with van der Waals surface area (Å²) in [5, 5.41) is 13.1. The minimum absolute atomic E-state index is 0.0100. The number of rotatable bonds is 3. The highest BCUT2D eigenvalue weighted by Crippen LogP contribution is 2.18. The molecule has 2 rings (SSSR count). The van der Waals surface area contributed by atoms with Crippen LogP contribution in [0.3, 0.4) is 0 Å². The largest absolute Gasteiger partial charge is 0.391 e. The maximum Gasteiger partial charge on any atom is 0.224 e. The Bertz CT molecular complexity index is 391. The molecule has 2 N–H and O–H groups in total. The van der Waals surface area contributed by atoms with Crippen molar-refractivity contribution < 1.29 is 9.90 Å². The van der Waals surface area contributed by atoms with Crippen LogP contribution in [0.2, 0.25) is 0 Å². The Hall–Kier alpha value is -1.35. The van der Waals surface area contributed by atoms with Gasteiger partial charge in [-0.2, -0.15) is 0 Å². The van der Waals surface area contributed by atoms with Crippen molar-refractivity contribution in [3.63, 3.8) is 0 Å². The molecule has 3 heteroatoms. The molecule has 1 aromatic carbocycles. The lowest BCUT2D eigenvalue weighted by molar-refractivity contribution is -0.122. The summed E-state index contributed by atoms with van der Waals surface area (Å²) < 4.78 is 0. The molecule has 1 aromatic rings. The van der Waals surface area contributed by atoms with E-state index in [4.69, 9.17) is 0 Å². The summed E-state index contributed by atoms with van der Waals surface area (Å²) in [4.78, 5) is 12.0. The summed E-state index contributed by atoms with van der Waals surface area (Å²) in [5.74, 6) is 0.0100. The minimum atomic E-state index is -0.389. The predicted octanol–water partition coefficient (Wildman–Crippen LogP) is 2.43. The fourth-order valence-corrected chi connectivity index (χ4v) is 2.67. The van der Waals surface area contributed by atoms with Gasteiger partial charge in [-0.25, -0.2) is 0 Å². The van der Waals surface area contributed by atoms with Crippen LogP contribution in [-0.4, -0.2) is 23.2 Å². The minimum Gasteiger partial charge on any atom is -0.391 e. The summed E-state index contributed by atoms with van der Waals surface area (Å²) in [7, 11) is 0. The van der Waals surface area contributed by atoms with E-state index in [1.54, 1.807) is 0 Å². The molecule has 0 bridgehead atoms. The Balaban J connectivity index is 1.86. The van der Waals surface area contributed by atoms with E-state index in [1.807, 2.05) is 30.3 Å². The maximum atomic E-state index is 12.0. The van der Waals surface area contributed by atoms with Crippen molar-refractivity contribution in [2.75, 3.05) is 0 Å². The van der Waals surface area contributed by atoms with E-state index in [9.17, 15) is 9.90 Å². The summed E-state index contributed by atoms with van der Waals surface area (Å²) >= 11 is 0. The third-order valence-electron chi connectivity index (χ3n) is 3.78. The summed E-state index contributed by atoms with van der Waals surface area (Å²) in [6.07, 6.45) is 6.25. The third-order valence-corrected chi connectivity index (χ3v) is 3.78. The average Bonchev–Trinajstić information content (AvgIpc) is 2.40. The standard InChI is InChI=1S/C16H23NO2/c18-15-11-7-2-1-6-10-14(15)17-16(19)12-13-8-4-3-5-9-13/h3-5,8-9,14-15,18H,1-2,6-7,10-12H2,(H,17,19)/t14-,15-/m0/s1. The summed E-state index contributed by atoms with van der Waals surface area (Å²) in [6, 6.07) is 9.65. The van der Waals surface area contributed by atoms with Gasteiger partial charge in [-0.05, 0) is 18.4 Å². The van der Waals surface area contributed by atoms with E-state index in [0.717, 1.165) is 31.2 Å². The Morgan fingerprint density at radius 2 is 1.79 bits per heavy atom. The molecular weight excluding hydrogens is 238 g/mol. The molecular formula is C16H23NO2. The predicted molar refractivity (Wildman–Crippen MR) is 75.8 cm³/mol. The molecule has 1 aliphatic rings. The first-order valence-electron chi connectivity index (χ1n) is 7.27. The van der Waals surface area contributed by atoms with Crippen molar-refractivity contribution in [3.8, 4) is 0 Å². The van der Waals surface area contributed by atoms with E-state index in [0.29, 0.717) is 6.42 Å². The molecule has 104 valence electrons. The first kappa shape index (κ1) is 14.1. The van der Waals surface area contributed by atoms with Gasteiger partial charge in [0.15, 0.2) is 0 Å². The second kappa shape index (κ2) is 7.29. The monoisotopic (exact) mass is 261 g/mol. The van der Waals surface area contributed by atoms with Crippen LogP contribution < -0.4 is 5.32 Å². The highest BCUT2D eigenvalue weighted by molar-refractivity contribution is 5.78. The van der Waals surface area contributed by atoms with E-state index in [1.165, 1.54) is 12.8 Å². The first-order valence-corrected chi connectivity index (χ1v) is 7.27.